The van der Waals surface area contributed by atoms with Gasteiger partial charge in [0.2, 0.25) is 5.91 Å². The summed E-state index contributed by atoms with van der Waals surface area (Å²) < 4.78 is 15.8. The number of hydrogen-bond acceptors (Lipinski definition) is 3. The number of carbonyl (C=O) groups excluding carboxylic acids is 1. The normalized spacial score (nSPS) is 13.6. The van der Waals surface area contributed by atoms with Crippen molar-refractivity contribution in [1.29, 1.82) is 0 Å². The first-order valence-corrected chi connectivity index (χ1v) is 8.71. The van der Waals surface area contributed by atoms with Gasteiger partial charge < -0.3 is 10.0 Å². The van der Waals surface area contributed by atoms with Crippen LogP contribution in [-0.2, 0) is 29.1 Å². The Morgan fingerprint density at radius 1 is 1.35 bits per heavy atom. The van der Waals surface area contributed by atoms with Crippen molar-refractivity contribution in [2.24, 2.45) is 0 Å². The van der Waals surface area contributed by atoms with Crippen molar-refractivity contribution in [2.75, 3.05) is 6.54 Å². The summed E-state index contributed by atoms with van der Waals surface area (Å²) in [6.07, 6.45) is 0.448. The van der Waals surface area contributed by atoms with Crippen LogP contribution in [0.2, 0.25) is 5.02 Å². The van der Waals surface area contributed by atoms with Gasteiger partial charge in [0.15, 0.2) is 0 Å². The predicted molar refractivity (Wildman–Crippen MR) is 93.5 cm³/mol. The molecule has 1 aliphatic rings. The van der Waals surface area contributed by atoms with Crippen LogP contribution in [0.15, 0.2) is 18.2 Å². The summed E-state index contributed by atoms with van der Waals surface area (Å²) >= 11 is 5.80. The van der Waals surface area contributed by atoms with E-state index in [1.165, 1.54) is 6.07 Å². The highest BCUT2D eigenvalue weighted by atomic mass is 35.5. The zero-order valence-electron chi connectivity index (χ0n) is 14.3. The van der Waals surface area contributed by atoms with Crippen LogP contribution in [0, 0.1) is 12.7 Å². The van der Waals surface area contributed by atoms with Gasteiger partial charge >= 0.3 is 5.97 Å². The van der Waals surface area contributed by atoms with Gasteiger partial charge in [0.25, 0.3) is 0 Å². The minimum atomic E-state index is -0.991. The van der Waals surface area contributed by atoms with Crippen LogP contribution in [0.1, 0.15) is 35.4 Å². The van der Waals surface area contributed by atoms with E-state index in [2.05, 4.69) is 5.10 Å². The zero-order chi connectivity index (χ0) is 18.8. The van der Waals surface area contributed by atoms with Gasteiger partial charge in [0.1, 0.15) is 5.82 Å². The van der Waals surface area contributed by atoms with E-state index in [1.807, 2.05) is 6.92 Å². The lowest BCUT2D eigenvalue weighted by atomic mass is 10.0. The number of aromatic nitrogens is 2. The molecule has 1 aromatic carbocycles. The average molecular weight is 380 g/mol. The van der Waals surface area contributed by atoms with E-state index < -0.39 is 11.8 Å². The molecule has 2 heterocycles. The lowest BCUT2D eigenvalue weighted by Gasteiger charge is -2.28. The molecule has 138 valence electrons. The zero-order valence-corrected chi connectivity index (χ0v) is 15.1. The Hall–Kier alpha value is -2.41. The summed E-state index contributed by atoms with van der Waals surface area (Å²) in [5, 5.41) is 13.6. The number of amides is 1. The average Bonchev–Trinajstić information content (AvgIpc) is 2.90. The molecule has 0 saturated heterocycles. The highest BCUT2D eigenvalue weighted by Crippen LogP contribution is 2.24. The first-order valence-electron chi connectivity index (χ1n) is 8.34. The third kappa shape index (κ3) is 3.88. The highest BCUT2D eigenvalue weighted by Gasteiger charge is 2.26. The summed E-state index contributed by atoms with van der Waals surface area (Å²) in [6.45, 7) is 3.03. The molecule has 0 radical (unpaired) electrons. The van der Waals surface area contributed by atoms with Gasteiger partial charge in [0.05, 0.1) is 30.9 Å². The van der Waals surface area contributed by atoms with Gasteiger partial charge in [-0.15, -0.1) is 0 Å². The number of rotatable bonds is 5. The fraction of sp³-hybridized carbons (Fsp3) is 0.389. The Bertz CT molecular complexity index is 866. The Kier molecular flexibility index (Phi) is 5.27. The van der Waals surface area contributed by atoms with Gasteiger partial charge in [-0.3, -0.25) is 14.3 Å². The molecule has 1 amide bonds. The van der Waals surface area contributed by atoms with E-state index in [0.29, 0.717) is 30.1 Å². The summed E-state index contributed by atoms with van der Waals surface area (Å²) in [5.41, 5.74) is 3.27. The largest absolute Gasteiger partial charge is 0.481 e. The van der Waals surface area contributed by atoms with E-state index in [9.17, 15) is 14.0 Å². The van der Waals surface area contributed by atoms with E-state index in [1.54, 1.807) is 21.7 Å². The molecule has 1 aromatic heterocycles. The van der Waals surface area contributed by atoms with Crippen molar-refractivity contribution in [2.45, 2.75) is 39.3 Å². The molecule has 6 nitrogen and oxygen atoms in total. The Morgan fingerprint density at radius 3 is 2.81 bits per heavy atom. The molecule has 8 heteroatoms. The molecule has 1 N–H and O–H groups in total. The van der Waals surface area contributed by atoms with E-state index in [4.69, 9.17) is 16.7 Å². The standard InChI is InChI=1S/C18H19ClFN3O3/c1-11-14-6-7-22(17(24)4-5-18(25)26)10-16(14)23(21-11)9-12-2-3-13(19)8-15(12)20/h2-3,8H,4-7,9-10H2,1H3,(H,25,26). The van der Waals surface area contributed by atoms with Gasteiger partial charge in [0, 0.05) is 23.6 Å². The van der Waals surface area contributed by atoms with Crippen LogP contribution in [0.5, 0.6) is 0 Å². The number of carbonyl (C=O) groups is 2. The highest BCUT2D eigenvalue weighted by molar-refractivity contribution is 6.30. The Labute approximate surface area is 155 Å². The number of halogens is 2. The summed E-state index contributed by atoms with van der Waals surface area (Å²) in [7, 11) is 0. The molecule has 1 aliphatic heterocycles. The number of hydrogen-bond donors (Lipinski definition) is 1. The van der Waals surface area contributed by atoms with Crippen LogP contribution in [0.4, 0.5) is 4.39 Å². The van der Waals surface area contributed by atoms with Gasteiger partial charge in [-0.25, -0.2) is 4.39 Å². The van der Waals surface area contributed by atoms with Crippen molar-refractivity contribution in [3.05, 3.63) is 51.6 Å². The van der Waals surface area contributed by atoms with Crippen molar-refractivity contribution < 1.29 is 19.1 Å². The third-order valence-electron chi connectivity index (χ3n) is 4.58. The van der Waals surface area contributed by atoms with Crippen molar-refractivity contribution in [1.82, 2.24) is 14.7 Å². The first kappa shape index (κ1) is 18.4. The number of nitrogens with zero attached hydrogens (tertiary/aromatic N) is 3. The van der Waals surface area contributed by atoms with E-state index >= 15 is 0 Å². The van der Waals surface area contributed by atoms with Crippen LogP contribution in [0.3, 0.4) is 0 Å². The second kappa shape index (κ2) is 7.45. The molecule has 3 rings (SSSR count). The van der Waals surface area contributed by atoms with Crippen LogP contribution in [-0.4, -0.2) is 38.2 Å². The lowest BCUT2D eigenvalue weighted by Crippen LogP contribution is -2.37. The second-order valence-corrected chi connectivity index (χ2v) is 6.80. The fourth-order valence-corrected chi connectivity index (χ4v) is 3.36. The quantitative estimate of drug-likeness (QED) is 0.866. The Balaban J connectivity index is 1.81. The van der Waals surface area contributed by atoms with Crippen molar-refractivity contribution in [3.63, 3.8) is 0 Å². The SMILES string of the molecule is Cc1nn(Cc2ccc(Cl)cc2F)c2c1CCN(C(=O)CCC(=O)O)C2. The van der Waals surface area contributed by atoms with Gasteiger partial charge in [-0.05, 0) is 31.0 Å². The number of carboxylic acids is 1. The number of aryl methyl sites for hydroxylation is 1. The first-order chi connectivity index (χ1) is 12.3. The van der Waals surface area contributed by atoms with Gasteiger partial charge in [-0.2, -0.15) is 5.10 Å². The lowest BCUT2D eigenvalue weighted by molar-refractivity contribution is -0.141. The number of aliphatic carboxylic acids is 1. The molecule has 0 atom stereocenters. The molecule has 26 heavy (non-hydrogen) atoms. The molecule has 0 bridgehead atoms. The Morgan fingerprint density at radius 2 is 2.12 bits per heavy atom. The van der Waals surface area contributed by atoms with Gasteiger partial charge in [-0.1, -0.05) is 17.7 Å². The fourth-order valence-electron chi connectivity index (χ4n) is 3.20. The second-order valence-electron chi connectivity index (χ2n) is 6.36. The van der Waals surface area contributed by atoms with E-state index in [0.717, 1.165) is 17.0 Å². The van der Waals surface area contributed by atoms with Crippen LogP contribution in [0.25, 0.3) is 0 Å². The molecule has 2 aromatic rings. The molecule has 0 unspecified atom stereocenters. The minimum Gasteiger partial charge on any atom is -0.481 e. The summed E-state index contributed by atoms with van der Waals surface area (Å²) in [5.74, 6) is -1.58. The van der Waals surface area contributed by atoms with Crippen LogP contribution >= 0.6 is 11.6 Å². The molecular weight excluding hydrogens is 361 g/mol. The molecule has 0 spiro atoms. The van der Waals surface area contributed by atoms with E-state index in [-0.39, 0.29) is 25.3 Å². The third-order valence-corrected chi connectivity index (χ3v) is 4.82. The molecular formula is C18H19ClFN3O3. The number of fused-ring (bicyclic) bond motifs is 1. The maximum atomic E-state index is 14.1. The topological polar surface area (TPSA) is 75.4 Å². The molecule has 0 fully saturated rings. The summed E-state index contributed by atoms with van der Waals surface area (Å²) in [4.78, 5) is 24.6. The predicted octanol–water partition coefficient (Wildman–Crippen LogP) is 2.78. The maximum Gasteiger partial charge on any atom is 0.303 e. The van der Waals surface area contributed by atoms with Crippen molar-refractivity contribution in [3.8, 4) is 0 Å². The monoisotopic (exact) mass is 379 g/mol. The van der Waals surface area contributed by atoms with Crippen LogP contribution < -0.4 is 0 Å². The maximum absolute atomic E-state index is 14.1. The minimum absolute atomic E-state index is 0.0242. The van der Waals surface area contributed by atoms with Crippen molar-refractivity contribution >= 4 is 23.5 Å². The molecule has 0 saturated carbocycles. The smallest absolute Gasteiger partial charge is 0.303 e. The molecule has 0 aliphatic carbocycles. The number of benzene rings is 1. The number of carboxylic acid groups (broad SMARTS) is 1. The summed E-state index contributed by atoms with van der Waals surface area (Å²) in [6, 6.07) is 4.52.